The second kappa shape index (κ2) is 8.82. The Morgan fingerprint density at radius 3 is 2.58 bits per heavy atom. The summed E-state index contributed by atoms with van der Waals surface area (Å²) in [7, 11) is 1.65. The zero-order chi connectivity index (χ0) is 22.9. The second-order valence-electron chi connectivity index (χ2n) is 8.24. The minimum atomic E-state index is -0.483. The van der Waals surface area contributed by atoms with E-state index in [4.69, 9.17) is 17.0 Å². The number of ether oxygens (including phenoxy) is 1. The smallest absolute Gasteiger partial charge is 0.257 e. The van der Waals surface area contributed by atoms with Crippen LogP contribution in [0, 0.1) is 4.77 Å². The van der Waals surface area contributed by atoms with Crippen molar-refractivity contribution in [1.82, 2.24) is 14.5 Å². The van der Waals surface area contributed by atoms with Crippen molar-refractivity contribution in [2.45, 2.75) is 18.9 Å². The van der Waals surface area contributed by atoms with Crippen LogP contribution in [0.4, 0.5) is 11.5 Å². The lowest BCUT2D eigenvalue weighted by molar-refractivity contribution is -0.131. The van der Waals surface area contributed by atoms with Crippen LogP contribution >= 0.6 is 12.2 Å². The van der Waals surface area contributed by atoms with Gasteiger partial charge < -0.3 is 19.9 Å². The fraction of sp³-hybridized carbons (Fsp3) is 0.333. The Kier molecular flexibility index (Phi) is 5.72. The van der Waals surface area contributed by atoms with Gasteiger partial charge in [0, 0.05) is 43.7 Å². The van der Waals surface area contributed by atoms with Crippen LogP contribution < -0.4 is 15.0 Å². The molecule has 9 heteroatoms. The number of para-hydroxylation sites is 1. The summed E-state index contributed by atoms with van der Waals surface area (Å²) in [5, 5.41) is 4.13. The summed E-state index contributed by atoms with van der Waals surface area (Å²) in [6.07, 6.45) is 0.722. The maximum atomic E-state index is 12.9. The Morgan fingerprint density at radius 1 is 1.12 bits per heavy atom. The molecule has 0 spiro atoms. The van der Waals surface area contributed by atoms with Gasteiger partial charge in [0.1, 0.15) is 17.6 Å². The van der Waals surface area contributed by atoms with Gasteiger partial charge in [-0.1, -0.05) is 12.1 Å². The molecule has 2 aliphatic heterocycles. The number of benzene rings is 2. The van der Waals surface area contributed by atoms with Gasteiger partial charge in [-0.15, -0.1) is 0 Å². The topological polar surface area (TPSA) is 79.7 Å². The molecule has 2 aromatic carbocycles. The van der Waals surface area contributed by atoms with E-state index in [2.05, 4.69) is 15.2 Å². The molecule has 8 nitrogen and oxygen atoms in total. The normalized spacial score (nSPS) is 17.7. The van der Waals surface area contributed by atoms with Crippen LogP contribution in [0.15, 0.2) is 48.5 Å². The molecule has 33 heavy (non-hydrogen) atoms. The Balaban J connectivity index is 1.19. The zero-order valence-electron chi connectivity index (χ0n) is 18.4. The van der Waals surface area contributed by atoms with Crippen molar-refractivity contribution in [2.24, 2.45) is 0 Å². The van der Waals surface area contributed by atoms with Gasteiger partial charge in [-0.3, -0.25) is 9.59 Å². The number of hydrogen-bond donors (Lipinski definition) is 1. The van der Waals surface area contributed by atoms with E-state index >= 15 is 0 Å². The van der Waals surface area contributed by atoms with Gasteiger partial charge in [0.05, 0.1) is 12.6 Å². The molecule has 0 radical (unpaired) electrons. The van der Waals surface area contributed by atoms with Gasteiger partial charge in [0.25, 0.3) is 5.91 Å². The van der Waals surface area contributed by atoms with Gasteiger partial charge in [0.15, 0.2) is 0 Å². The molecule has 0 bridgehead atoms. The molecule has 1 aromatic heterocycles. The van der Waals surface area contributed by atoms with E-state index in [0.29, 0.717) is 31.7 Å². The third kappa shape index (κ3) is 4.04. The maximum absolute atomic E-state index is 12.9. The van der Waals surface area contributed by atoms with Crippen molar-refractivity contribution in [3.05, 3.63) is 53.3 Å². The number of rotatable bonds is 5. The monoisotopic (exact) mass is 463 g/mol. The van der Waals surface area contributed by atoms with Gasteiger partial charge in [-0.05, 0) is 55.0 Å². The van der Waals surface area contributed by atoms with Crippen molar-refractivity contribution < 1.29 is 14.3 Å². The van der Waals surface area contributed by atoms with E-state index in [1.165, 1.54) is 4.57 Å². The summed E-state index contributed by atoms with van der Waals surface area (Å²) in [5.41, 5.74) is 1.87. The highest BCUT2D eigenvalue weighted by molar-refractivity contribution is 7.71. The summed E-state index contributed by atoms with van der Waals surface area (Å²) in [5.74, 6) is 1.42. The summed E-state index contributed by atoms with van der Waals surface area (Å²) < 4.78 is 6.92. The van der Waals surface area contributed by atoms with Gasteiger partial charge >= 0.3 is 0 Å². The average molecular weight is 464 g/mol. The number of fused-ring (bicyclic) bond motifs is 3. The molecule has 2 aliphatic rings. The predicted octanol–water partition coefficient (Wildman–Crippen LogP) is 3.34. The van der Waals surface area contributed by atoms with Gasteiger partial charge in [-0.2, -0.15) is 0 Å². The lowest BCUT2D eigenvalue weighted by Crippen LogP contribution is -2.49. The lowest BCUT2D eigenvalue weighted by atomic mass is 10.1. The third-order valence-corrected chi connectivity index (χ3v) is 6.61. The highest BCUT2D eigenvalue weighted by Gasteiger charge is 2.32. The summed E-state index contributed by atoms with van der Waals surface area (Å²) >= 11 is 5.34. The molecule has 0 saturated carbocycles. The number of carbonyl (C=O) groups excluding carboxylic acids is 2. The fourth-order valence-electron chi connectivity index (χ4n) is 4.50. The van der Waals surface area contributed by atoms with Gasteiger partial charge in [-0.25, -0.2) is 9.55 Å². The maximum Gasteiger partial charge on any atom is 0.257 e. The highest BCUT2D eigenvalue weighted by atomic mass is 32.1. The summed E-state index contributed by atoms with van der Waals surface area (Å²) in [6, 6.07) is 15.1. The van der Waals surface area contributed by atoms with Crippen LogP contribution in [0.25, 0.3) is 10.9 Å². The molecule has 3 aromatic rings. The Hall–Kier alpha value is -3.46. The van der Waals surface area contributed by atoms with E-state index in [0.717, 1.165) is 35.4 Å². The van der Waals surface area contributed by atoms with Crippen molar-refractivity contribution in [2.75, 3.05) is 43.5 Å². The number of aromatic nitrogens is 2. The summed E-state index contributed by atoms with van der Waals surface area (Å²) in [4.78, 5) is 34.3. The van der Waals surface area contributed by atoms with Crippen LogP contribution in [0.2, 0.25) is 0 Å². The average Bonchev–Trinajstić information content (AvgIpc) is 3.19. The molecule has 170 valence electrons. The van der Waals surface area contributed by atoms with E-state index in [1.807, 2.05) is 53.4 Å². The number of amides is 1. The Bertz CT molecular complexity index is 1270. The first-order chi connectivity index (χ1) is 16.0. The Labute approximate surface area is 196 Å². The SMILES string of the molecule is COc1ccc(N2CCN(C(=O)CC[C@H]3Nc4c5ccccc5nc(=S)n4C3=O)CC2)cc1. The van der Waals surface area contributed by atoms with Crippen LogP contribution in [0.1, 0.15) is 17.6 Å². The van der Waals surface area contributed by atoms with E-state index in [9.17, 15) is 9.59 Å². The molecule has 1 amide bonds. The van der Waals surface area contributed by atoms with Crippen molar-refractivity contribution >= 4 is 46.4 Å². The molecule has 0 unspecified atom stereocenters. The van der Waals surface area contributed by atoms with E-state index in [1.54, 1.807) is 7.11 Å². The molecule has 5 rings (SSSR count). The first-order valence-electron chi connectivity index (χ1n) is 11.0. The van der Waals surface area contributed by atoms with Crippen molar-refractivity contribution in [3.8, 4) is 5.75 Å². The van der Waals surface area contributed by atoms with Gasteiger partial charge in [0.2, 0.25) is 10.7 Å². The van der Waals surface area contributed by atoms with E-state index < -0.39 is 6.04 Å². The molecule has 3 heterocycles. The quantitative estimate of drug-likeness (QED) is 0.582. The molecule has 1 saturated heterocycles. The van der Waals surface area contributed by atoms with Crippen LogP contribution in [-0.2, 0) is 4.79 Å². The van der Waals surface area contributed by atoms with Crippen molar-refractivity contribution in [1.29, 1.82) is 0 Å². The van der Waals surface area contributed by atoms with Crippen LogP contribution in [0.5, 0.6) is 5.75 Å². The first kappa shape index (κ1) is 21.4. The third-order valence-electron chi connectivity index (χ3n) is 6.34. The standard InChI is InChI=1S/C24H25N5O3S/c1-32-17-8-6-16(7-9-17)27-12-14-28(15-13-27)21(30)11-10-20-23(31)29-22(25-20)18-4-2-3-5-19(18)26-24(29)33/h2-9,20,25H,10-15H2,1H3/t20-/m1/s1. The predicted molar refractivity (Wildman–Crippen MR) is 130 cm³/mol. The lowest BCUT2D eigenvalue weighted by Gasteiger charge is -2.36. The highest BCUT2D eigenvalue weighted by Crippen LogP contribution is 2.29. The first-order valence-corrected chi connectivity index (χ1v) is 11.5. The molecular weight excluding hydrogens is 438 g/mol. The van der Waals surface area contributed by atoms with Crippen LogP contribution in [-0.4, -0.2) is 65.6 Å². The summed E-state index contributed by atoms with van der Waals surface area (Å²) in [6.45, 7) is 2.88. The molecule has 1 N–H and O–H groups in total. The molecule has 0 aliphatic carbocycles. The fourth-order valence-corrected chi connectivity index (χ4v) is 4.78. The Morgan fingerprint density at radius 2 is 1.85 bits per heavy atom. The number of anilines is 2. The second-order valence-corrected chi connectivity index (χ2v) is 8.60. The molecule has 1 atom stereocenters. The number of piperazine rings is 1. The number of hydrogen-bond acceptors (Lipinski definition) is 7. The zero-order valence-corrected chi connectivity index (χ0v) is 19.2. The number of carbonyl (C=O) groups is 2. The largest absolute Gasteiger partial charge is 0.497 e. The molecule has 1 fully saturated rings. The molecular formula is C24H25N5O3S. The van der Waals surface area contributed by atoms with Crippen molar-refractivity contribution in [3.63, 3.8) is 0 Å². The minimum absolute atomic E-state index is 0.0708. The number of nitrogens with zero attached hydrogens (tertiary/aromatic N) is 4. The van der Waals surface area contributed by atoms with Crippen LogP contribution in [0.3, 0.4) is 0 Å². The number of nitrogens with one attached hydrogen (secondary N) is 1. The number of methoxy groups -OCH3 is 1. The minimum Gasteiger partial charge on any atom is -0.497 e. The van der Waals surface area contributed by atoms with E-state index in [-0.39, 0.29) is 16.6 Å².